The van der Waals surface area contributed by atoms with E-state index >= 15 is 0 Å². The Bertz CT molecular complexity index is 681. The molecule has 2 N–H and O–H groups in total. The van der Waals surface area contributed by atoms with Gasteiger partial charge in [-0.1, -0.05) is 46.8 Å². The molecule has 0 atom stereocenters. The summed E-state index contributed by atoms with van der Waals surface area (Å²) in [5.41, 5.74) is 5.48. The average molecular weight is 257 g/mol. The highest BCUT2D eigenvalue weighted by Crippen LogP contribution is 2.27. The summed E-state index contributed by atoms with van der Waals surface area (Å²) in [6.07, 6.45) is 0. The Morgan fingerprint density at radius 3 is 2.67 bits per heavy atom. The first-order chi connectivity index (χ1) is 8.85. The van der Waals surface area contributed by atoms with Gasteiger partial charge in [-0.3, -0.25) is 0 Å². The van der Waals surface area contributed by atoms with Crippen LogP contribution in [0.25, 0.3) is 10.8 Å². The van der Waals surface area contributed by atoms with Gasteiger partial charge in [-0.2, -0.15) is 0 Å². The zero-order valence-corrected chi connectivity index (χ0v) is 10.4. The minimum absolute atomic E-state index is 0.388. The molecule has 2 aromatic carbocycles. The number of benzene rings is 2. The number of rotatable bonds is 3. The predicted octanol–water partition coefficient (Wildman–Crippen LogP) is 2.94. The molecule has 0 aliphatic heterocycles. The summed E-state index contributed by atoms with van der Waals surface area (Å²) < 4.78 is 5.66. The van der Waals surface area contributed by atoms with Gasteiger partial charge < -0.3 is 10.5 Å². The zero-order valence-electron chi connectivity index (χ0n) is 9.54. The van der Waals surface area contributed by atoms with Gasteiger partial charge in [-0.05, 0) is 22.9 Å². The molecule has 0 fully saturated rings. The van der Waals surface area contributed by atoms with Crippen molar-refractivity contribution in [3.05, 3.63) is 47.5 Å². The first-order valence-electron chi connectivity index (χ1n) is 5.54. The van der Waals surface area contributed by atoms with Gasteiger partial charge in [-0.25, -0.2) is 0 Å². The molecule has 0 bridgehead atoms. The second-order valence-corrected chi connectivity index (χ2v) is 4.80. The van der Waals surface area contributed by atoms with Crippen molar-refractivity contribution in [3.8, 4) is 10.9 Å². The average Bonchev–Trinajstić information content (AvgIpc) is 2.86. The molecule has 18 heavy (non-hydrogen) atoms. The molecule has 0 amide bonds. The Morgan fingerprint density at radius 2 is 1.89 bits per heavy atom. The lowest BCUT2D eigenvalue weighted by Gasteiger charge is -2.02. The lowest BCUT2D eigenvalue weighted by molar-refractivity contribution is 0.474. The molecule has 1 heterocycles. The first-order valence-corrected chi connectivity index (χ1v) is 6.36. The predicted molar refractivity (Wildman–Crippen MR) is 71.8 cm³/mol. The molecule has 0 radical (unpaired) electrons. The SMILES string of the molecule is NCc1nnc(Oc2ccc3ccccc3c2)s1. The molecule has 90 valence electrons. The third-order valence-electron chi connectivity index (χ3n) is 2.55. The van der Waals surface area contributed by atoms with Crippen molar-refractivity contribution in [1.82, 2.24) is 10.2 Å². The Balaban J connectivity index is 1.90. The molecule has 0 spiro atoms. The van der Waals surface area contributed by atoms with Crippen LogP contribution in [-0.4, -0.2) is 10.2 Å². The Morgan fingerprint density at radius 1 is 1.06 bits per heavy atom. The van der Waals surface area contributed by atoms with Crippen LogP contribution < -0.4 is 10.5 Å². The minimum atomic E-state index is 0.388. The summed E-state index contributed by atoms with van der Waals surface area (Å²) in [5.74, 6) is 0.758. The number of nitrogens with zero attached hydrogens (tertiary/aromatic N) is 2. The molecule has 1 aromatic heterocycles. The molecule has 0 saturated carbocycles. The van der Waals surface area contributed by atoms with Crippen LogP contribution in [0.5, 0.6) is 10.9 Å². The van der Waals surface area contributed by atoms with Gasteiger partial charge in [0.2, 0.25) is 0 Å². The number of aromatic nitrogens is 2. The summed E-state index contributed by atoms with van der Waals surface area (Å²) in [6.45, 7) is 0.388. The van der Waals surface area contributed by atoms with E-state index in [9.17, 15) is 0 Å². The number of ether oxygens (including phenoxy) is 1. The molecule has 0 unspecified atom stereocenters. The Hall–Kier alpha value is -1.98. The van der Waals surface area contributed by atoms with E-state index in [0.717, 1.165) is 16.1 Å². The maximum atomic E-state index is 5.66. The van der Waals surface area contributed by atoms with Crippen LogP contribution in [0.1, 0.15) is 5.01 Å². The molecule has 4 nitrogen and oxygen atoms in total. The molecular weight excluding hydrogens is 246 g/mol. The van der Waals surface area contributed by atoms with Gasteiger partial charge in [0.1, 0.15) is 10.8 Å². The second-order valence-electron chi connectivity index (χ2n) is 3.78. The minimum Gasteiger partial charge on any atom is -0.430 e. The van der Waals surface area contributed by atoms with Gasteiger partial charge in [0.05, 0.1) is 0 Å². The third kappa shape index (κ3) is 2.18. The zero-order chi connectivity index (χ0) is 12.4. The molecule has 5 heteroatoms. The van der Waals surface area contributed by atoms with E-state index in [1.807, 2.05) is 36.4 Å². The quantitative estimate of drug-likeness (QED) is 0.783. The topological polar surface area (TPSA) is 61.0 Å². The van der Waals surface area contributed by atoms with Crippen molar-refractivity contribution in [2.45, 2.75) is 6.54 Å². The van der Waals surface area contributed by atoms with E-state index < -0.39 is 0 Å². The summed E-state index contributed by atoms with van der Waals surface area (Å²) >= 11 is 1.36. The molecule has 3 rings (SSSR count). The Labute approximate surface area is 108 Å². The summed E-state index contributed by atoms with van der Waals surface area (Å²) in [7, 11) is 0. The van der Waals surface area contributed by atoms with Gasteiger partial charge in [0.25, 0.3) is 5.19 Å². The molecule has 3 aromatic rings. The first kappa shape index (κ1) is 11.1. The smallest absolute Gasteiger partial charge is 0.299 e. The number of hydrogen-bond acceptors (Lipinski definition) is 5. The van der Waals surface area contributed by atoms with E-state index in [-0.39, 0.29) is 0 Å². The van der Waals surface area contributed by atoms with E-state index in [1.54, 1.807) is 0 Å². The highest BCUT2D eigenvalue weighted by molar-refractivity contribution is 7.13. The summed E-state index contributed by atoms with van der Waals surface area (Å²) in [5, 5.41) is 11.5. The van der Waals surface area contributed by atoms with Crippen molar-refractivity contribution in [2.24, 2.45) is 5.73 Å². The van der Waals surface area contributed by atoms with Gasteiger partial charge in [0, 0.05) is 6.54 Å². The molecular formula is C13H11N3OS. The van der Waals surface area contributed by atoms with Crippen molar-refractivity contribution in [1.29, 1.82) is 0 Å². The molecule has 0 saturated heterocycles. The fraction of sp³-hybridized carbons (Fsp3) is 0.0769. The summed E-state index contributed by atoms with van der Waals surface area (Å²) in [4.78, 5) is 0. The number of hydrogen-bond donors (Lipinski definition) is 1. The lowest BCUT2D eigenvalue weighted by Crippen LogP contribution is -1.94. The van der Waals surface area contributed by atoms with Gasteiger partial charge in [-0.15, -0.1) is 5.10 Å². The summed E-state index contributed by atoms with van der Waals surface area (Å²) in [6, 6.07) is 14.1. The highest BCUT2D eigenvalue weighted by atomic mass is 32.1. The Kier molecular flexibility index (Phi) is 2.92. The standard InChI is InChI=1S/C13H11N3OS/c14-8-12-15-16-13(18-12)17-11-6-5-9-3-1-2-4-10(9)7-11/h1-7H,8,14H2. The largest absolute Gasteiger partial charge is 0.430 e. The number of nitrogens with two attached hydrogens (primary N) is 1. The number of fused-ring (bicyclic) bond motifs is 1. The van der Waals surface area contributed by atoms with Crippen molar-refractivity contribution in [3.63, 3.8) is 0 Å². The lowest BCUT2D eigenvalue weighted by atomic mass is 10.1. The van der Waals surface area contributed by atoms with Crippen LogP contribution in [0.2, 0.25) is 0 Å². The van der Waals surface area contributed by atoms with Gasteiger partial charge in [0.15, 0.2) is 0 Å². The monoisotopic (exact) mass is 257 g/mol. The van der Waals surface area contributed by atoms with Gasteiger partial charge >= 0.3 is 0 Å². The van der Waals surface area contributed by atoms with E-state index in [1.165, 1.54) is 16.7 Å². The normalized spacial score (nSPS) is 10.7. The van der Waals surface area contributed by atoms with Crippen LogP contribution in [0.15, 0.2) is 42.5 Å². The third-order valence-corrected chi connectivity index (χ3v) is 3.37. The fourth-order valence-electron chi connectivity index (χ4n) is 1.69. The van der Waals surface area contributed by atoms with Crippen LogP contribution in [-0.2, 0) is 6.54 Å². The van der Waals surface area contributed by atoms with Crippen molar-refractivity contribution < 1.29 is 4.74 Å². The van der Waals surface area contributed by atoms with E-state index in [2.05, 4.69) is 16.3 Å². The van der Waals surface area contributed by atoms with Crippen LogP contribution in [0, 0.1) is 0 Å². The van der Waals surface area contributed by atoms with E-state index in [0.29, 0.717) is 11.7 Å². The van der Waals surface area contributed by atoms with Crippen LogP contribution in [0.4, 0.5) is 0 Å². The van der Waals surface area contributed by atoms with Crippen LogP contribution in [0.3, 0.4) is 0 Å². The highest BCUT2D eigenvalue weighted by Gasteiger charge is 2.05. The fourth-order valence-corrected chi connectivity index (χ4v) is 2.28. The van der Waals surface area contributed by atoms with Crippen molar-refractivity contribution >= 4 is 22.1 Å². The van der Waals surface area contributed by atoms with Crippen LogP contribution >= 0.6 is 11.3 Å². The maximum Gasteiger partial charge on any atom is 0.299 e. The van der Waals surface area contributed by atoms with E-state index in [4.69, 9.17) is 10.5 Å². The molecule has 0 aliphatic rings. The van der Waals surface area contributed by atoms with Crippen molar-refractivity contribution in [2.75, 3.05) is 0 Å². The maximum absolute atomic E-state index is 5.66. The molecule has 0 aliphatic carbocycles. The second kappa shape index (κ2) is 4.72.